The normalized spacial score (nSPS) is 14.9. The third kappa shape index (κ3) is 3.83. The van der Waals surface area contributed by atoms with Crippen molar-refractivity contribution in [2.75, 3.05) is 13.1 Å². The van der Waals surface area contributed by atoms with Crippen molar-refractivity contribution in [1.29, 1.82) is 0 Å². The number of urea groups is 1. The summed E-state index contributed by atoms with van der Waals surface area (Å²) in [4.78, 5) is 36.5. The van der Waals surface area contributed by atoms with E-state index in [1.807, 2.05) is 0 Å². The summed E-state index contributed by atoms with van der Waals surface area (Å²) in [5.41, 5.74) is 1.23. The van der Waals surface area contributed by atoms with E-state index in [2.05, 4.69) is 10.6 Å². The van der Waals surface area contributed by atoms with Crippen molar-refractivity contribution in [3.05, 3.63) is 70.5 Å². The molecule has 2 N–H and O–H groups in total. The van der Waals surface area contributed by atoms with Crippen molar-refractivity contribution >= 4 is 29.4 Å². The van der Waals surface area contributed by atoms with Crippen LogP contribution in [0.5, 0.6) is 0 Å². The third-order valence-electron chi connectivity index (χ3n) is 3.96. The minimum Gasteiger partial charge on any atom is -0.344 e. The lowest BCUT2D eigenvalue weighted by atomic mass is 9.98. The molecule has 1 atom stereocenters. The van der Waals surface area contributed by atoms with E-state index in [-0.39, 0.29) is 6.54 Å². The van der Waals surface area contributed by atoms with E-state index >= 15 is 0 Å². The molecule has 0 radical (unpaired) electrons. The number of carbonyl (C=O) groups excluding carboxylic acids is 3. The van der Waals surface area contributed by atoms with Gasteiger partial charge in [-0.15, -0.1) is 0 Å². The number of nitrogens with one attached hydrogen (secondary N) is 2. The molecule has 0 aromatic heterocycles. The van der Waals surface area contributed by atoms with Gasteiger partial charge in [-0.3, -0.25) is 14.5 Å². The molecule has 6 nitrogen and oxygen atoms in total. The summed E-state index contributed by atoms with van der Waals surface area (Å²) in [5, 5.41) is 5.54. The first kappa shape index (κ1) is 17.9. The van der Waals surface area contributed by atoms with Crippen LogP contribution in [0.4, 0.5) is 9.18 Å². The Labute approximate surface area is 153 Å². The molecule has 0 spiro atoms. The summed E-state index contributed by atoms with van der Waals surface area (Å²) in [6.07, 6.45) is 0. The highest BCUT2D eigenvalue weighted by Crippen LogP contribution is 2.28. The lowest BCUT2D eigenvalue weighted by Gasteiger charge is -2.22. The Kier molecular flexibility index (Phi) is 5.18. The Bertz CT molecular complexity index is 841. The monoisotopic (exact) mass is 375 g/mol. The van der Waals surface area contributed by atoms with Crippen LogP contribution in [0, 0.1) is 5.82 Å². The van der Waals surface area contributed by atoms with E-state index in [4.69, 9.17) is 11.6 Å². The molecule has 8 heteroatoms. The maximum atomic E-state index is 13.2. The number of hydrogen-bond donors (Lipinski definition) is 2. The number of imide groups is 1. The van der Waals surface area contributed by atoms with Crippen LogP contribution in [0.15, 0.2) is 48.5 Å². The van der Waals surface area contributed by atoms with Gasteiger partial charge in [-0.25, -0.2) is 9.18 Å². The highest BCUT2D eigenvalue weighted by atomic mass is 35.5. The Morgan fingerprint density at radius 3 is 2.50 bits per heavy atom. The lowest BCUT2D eigenvalue weighted by Crippen LogP contribution is -2.42. The summed E-state index contributed by atoms with van der Waals surface area (Å²) in [5.74, 6) is -1.41. The molecule has 0 aliphatic carbocycles. The second-order valence-corrected chi connectivity index (χ2v) is 6.12. The fourth-order valence-corrected chi connectivity index (χ4v) is 2.92. The molecule has 3 rings (SSSR count). The first-order chi connectivity index (χ1) is 12.5. The molecule has 26 heavy (non-hydrogen) atoms. The smallest absolute Gasteiger partial charge is 0.325 e. The lowest BCUT2D eigenvalue weighted by molar-refractivity contribution is -0.130. The number of amides is 4. The maximum Gasteiger partial charge on any atom is 0.325 e. The number of halogens is 2. The molecule has 2 aromatic carbocycles. The van der Waals surface area contributed by atoms with E-state index < -0.39 is 36.2 Å². The van der Waals surface area contributed by atoms with Gasteiger partial charge in [-0.2, -0.15) is 0 Å². The standard InChI is InChI=1S/C18H15ClFN3O3/c19-14-4-2-1-3-13(14)17(11-5-7-12(20)8-6-11)22-15(24)10-23-16(25)9-21-18(23)26/h1-8,17H,9-10H2,(H,21,26)(H,22,24)/t17-/m0/s1. The molecular formula is C18H15ClFN3O3. The number of benzene rings is 2. The zero-order valence-electron chi connectivity index (χ0n) is 13.5. The van der Waals surface area contributed by atoms with Gasteiger partial charge in [0.05, 0.1) is 12.6 Å². The van der Waals surface area contributed by atoms with Crippen LogP contribution in [0.1, 0.15) is 17.2 Å². The average molecular weight is 376 g/mol. The molecular weight excluding hydrogens is 361 g/mol. The van der Waals surface area contributed by atoms with Gasteiger partial charge in [0.25, 0.3) is 5.91 Å². The van der Waals surface area contributed by atoms with Crippen LogP contribution in [0.2, 0.25) is 5.02 Å². The quantitative estimate of drug-likeness (QED) is 0.787. The van der Waals surface area contributed by atoms with Crippen LogP contribution in [-0.4, -0.2) is 35.8 Å². The van der Waals surface area contributed by atoms with E-state index in [0.29, 0.717) is 16.1 Å². The Morgan fingerprint density at radius 2 is 1.88 bits per heavy atom. The summed E-state index contributed by atoms with van der Waals surface area (Å²) in [7, 11) is 0. The van der Waals surface area contributed by atoms with Crippen molar-refractivity contribution in [3.8, 4) is 0 Å². The molecule has 1 fully saturated rings. The summed E-state index contributed by atoms with van der Waals surface area (Å²) >= 11 is 6.25. The fourth-order valence-electron chi connectivity index (χ4n) is 2.67. The van der Waals surface area contributed by atoms with E-state index in [1.54, 1.807) is 24.3 Å². The van der Waals surface area contributed by atoms with Gasteiger partial charge >= 0.3 is 6.03 Å². The first-order valence-electron chi connectivity index (χ1n) is 7.83. The first-order valence-corrected chi connectivity index (χ1v) is 8.21. The fraction of sp³-hybridized carbons (Fsp3) is 0.167. The molecule has 1 aliphatic rings. The molecule has 0 bridgehead atoms. The van der Waals surface area contributed by atoms with Crippen LogP contribution in [-0.2, 0) is 9.59 Å². The molecule has 134 valence electrons. The van der Waals surface area contributed by atoms with Crippen LogP contribution in [0.3, 0.4) is 0 Å². The second-order valence-electron chi connectivity index (χ2n) is 5.71. The van der Waals surface area contributed by atoms with E-state index in [1.165, 1.54) is 24.3 Å². The minimum absolute atomic E-state index is 0.127. The van der Waals surface area contributed by atoms with E-state index in [9.17, 15) is 18.8 Å². The van der Waals surface area contributed by atoms with Gasteiger partial charge in [-0.05, 0) is 29.3 Å². The Morgan fingerprint density at radius 1 is 1.19 bits per heavy atom. The molecule has 1 aliphatic heterocycles. The summed E-state index contributed by atoms with van der Waals surface area (Å²) < 4.78 is 13.2. The number of rotatable bonds is 5. The Balaban J connectivity index is 1.85. The van der Waals surface area contributed by atoms with Crippen molar-refractivity contribution in [2.24, 2.45) is 0 Å². The predicted octanol–water partition coefficient (Wildman–Crippen LogP) is 2.24. The number of carbonyl (C=O) groups is 3. The highest BCUT2D eigenvalue weighted by molar-refractivity contribution is 6.31. The van der Waals surface area contributed by atoms with Gasteiger partial charge in [0.1, 0.15) is 12.4 Å². The second kappa shape index (κ2) is 7.53. The summed E-state index contributed by atoms with van der Waals surface area (Å²) in [6.45, 7) is -0.537. The average Bonchev–Trinajstić information content (AvgIpc) is 2.93. The summed E-state index contributed by atoms with van der Waals surface area (Å²) in [6, 6.07) is 11.3. The molecule has 0 unspecified atom stereocenters. The molecule has 1 heterocycles. The zero-order chi connectivity index (χ0) is 18.7. The van der Waals surface area contributed by atoms with Crippen LogP contribution in [0.25, 0.3) is 0 Å². The minimum atomic E-state index is -0.655. The molecule has 1 saturated heterocycles. The van der Waals surface area contributed by atoms with Gasteiger partial charge < -0.3 is 10.6 Å². The zero-order valence-corrected chi connectivity index (χ0v) is 14.3. The van der Waals surface area contributed by atoms with Crippen LogP contribution >= 0.6 is 11.6 Å². The Hall–Kier alpha value is -2.93. The number of nitrogens with zero attached hydrogens (tertiary/aromatic N) is 1. The van der Waals surface area contributed by atoms with Crippen molar-refractivity contribution in [2.45, 2.75) is 6.04 Å². The largest absolute Gasteiger partial charge is 0.344 e. The van der Waals surface area contributed by atoms with Gasteiger partial charge in [-0.1, -0.05) is 41.9 Å². The van der Waals surface area contributed by atoms with E-state index in [0.717, 1.165) is 4.90 Å². The maximum absolute atomic E-state index is 13.2. The van der Waals surface area contributed by atoms with Gasteiger partial charge in [0.15, 0.2) is 0 Å². The third-order valence-corrected chi connectivity index (χ3v) is 4.31. The molecule has 2 aromatic rings. The molecule has 0 saturated carbocycles. The van der Waals surface area contributed by atoms with Gasteiger partial charge in [0, 0.05) is 5.02 Å². The van der Waals surface area contributed by atoms with Crippen molar-refractivity contribution in [1.82, 2.24) is 15.5 Å². The predicted molar refractivity (Wildman–Crippen MR) is 92.9 cm³/mol. The van der Waals surface area contributed by atoms with Crippen molar-refractivity contribution in [3.63, 3.8) is 0 Å². The van der Waals surface area contributed by atoms with Crippen LogP contribution < -0.4 is 10.6 Å². The van der Waals surface area contributed by atoms with Crippen molar-refractivity contribution < 1.29 is 18.8 Å². The molecule has 4 amide bonds. The highest BCUT2D eigenvalue weighted by Gasteiger charge is 2.31. The number of hydrogen-bond acceptors (Lipinski definition) is 3. The topological polar surface area (TPSA) is 78.5 Å². The SMILES string of the molecule is O=C(CN1C(=O)CNC1=O)N[C@@H](c1ccc(F)cc1)c1ccccc1Cl. The van der Waals surface area contributed by atoms with Gasteiger partial charge in [0.2, 0.25) is 5.91 Å².